The number of amidine groups is 1. The highest BCUT2D eigenvalue weighted by atomic mass is 32.2. The van der Waals surface area contributed by atoms with Gasteiger partial charge in [-0.05, 0) is 12.1 Å². The van der Waals surface area contributed by atoms with Crippen molar-refractivity contribution < 1.29 is 13.2 Å². The average Bonchev–Trinajstić information content (AvgIpc) is 2.27. The summed E-state index contributed by atoms with van der Waals surface area (Å²) in [6, 6.07) is 6.52. The zero-order chi connectivity index (χ0) is 13.6. The van der Waals surface area contributed by atoms with Crippen molar-refractivity contribution in [2.24, 2.45) is 5.73 Å². The van der Waals surface area contributed by atoms with Gasteiger partial charge in [0.15, 0.2) is 0 Å². The van der Waals surface area contributed by atoms with Crippen LogP contribution in [0.5, 0.6) is 5.75 Å². The summed E-state index contributed by atoms with van der Waals surface area (Å²) in [6.45, 7) is 1.86. The van der Waals surface area contributed by atoms with Crippen LogP contribution >= 0.6 is 0 Å². The summed E-state index contributed by atoms with van der Waals surface area (Å²) < 4.78 is 32.9. The van der Waals surface area contributed by atoms with Crippen LogP contribution in [0.2, 0.25) is 0 Å². The van der Waals surface area contributed by atoms with E-state index in [2.05, 4.69) is 9.44 Å². The highest BCUT2D eigenvalue weighted by Gasteiger charge is 2.11. The maximum atomic E-state index is 11.5. The number of nitrogens with one attached hydrogen (secondary N) is 3. The second kappa shape index (κ2) is 6.22. The first-order valence-electron chi connectivity index (χ1n) is 5.26. The van der Waals surface area contributed by atoms with Gasteiger partial charge in [0.05, 0.1) is 5.69 Å². The topological polar surface area (TPSA) is 117 Å². The Morgan fingerprint density at radius 1 is 1.44 bits per heavy atom. The first-order chi connectivity index (χ1) is 8.44. The van der Waals surface area contributed by atoms with Crippen LogP contribution in [0, 0.1) is 5.41 Å². The highest BCUT2D eigenvalue weighted by molar-refractivity contribution is 7.90. The van der Waals surface area contributed by atoms with E-state index in [1.165, 1.54) is 0 Å². The average molecular weight is 272 g/mol. The van der Waals surface area contributed by atoms with Gasteiger partial charge in [-0.3, -0.25) is 10.1 Å². The first-order valence-corrected chi connectivity index (χ1v) is 6.75. The smallest absolute Gasteiger partial charge is 0.299 e. The molecule has 0 aliphatic heterocycles. The molecule has 0 radical (unpaired) electrons. The van der Waals surface area contributed by atoms with Gasteiger partial charge in [0.25, 0.3) is 10.2 Å². The summed E-state index contributed by atoms with van der Waals surface area (Å²) in [5, 5.41) is 7.06. The largest absolute Gasteiger partial charge is 0.484 e. The van der Waals surface area contributed by atoms with Crippen molar-refractivity contribution in [1.82, 2.24) is 4.72 Å². The molecule has 0 spiro atoms. The predicted molar refractivity (Wildman–Crippen MR) is 70.1 cm³/mol. The number of hydrogen-bond acceptors (Lipinski definition) is 4. The predicted octanol–water partition coefficient (Wildman–Crippen LogP) is 0.268. The molecule has 0 saturated carbocycles. The van der Waals surface area contributed by atoms with Crippen molar-refractivity contribution in [1.29, 1.82) is 5.41 Å². The standard InChI is InChI=1S/C10H16N4O3S/c1-2-13-18(15,16)14-8-5-3-4-6-9(8)17-7-10(11)12/h3-6,13-14H,2,7H2,1H3,(H3,11,12). The fourth-order valence-corrected chi connectivity index (χ4v) is 2.11. The molecule has 5 N–H and O–H groups in total. The molecular weight excluding hydrogens is 256 g/mol. The minimum atomic E-state index is -3.61. The fourth-order valence-electron chi connectivity index (χ4n) is 1.20. The molecule has 7 nitrogen and oxygen atoms in total. The number of nitrogens with two attached hydrogens (primary N) is 1. The van der Waals surface area contributed by atoms with E-state index in [9.17, 15) is 8.42 Å². The monoisotopic (exact) mass is 272 g/mol. The van der Waals surface area contributed by atoms with Gasteiger partial charge in [0, 0.05) is 6.54 Å². The number of ether oxygens (including phenoxy) is 1. The van der Waals surface area contributed by atoms with E-state index in [0.717, 1.165) is 0 Å². The normalized spacial score (nSPS) is 10.9. The Labute approximate surface area is 106 Å². The lowest BCUT2D eigenvalue weighted by Gasteiger charge is -2.13. The molecule has 18 heavy (non-hydrogen) atoms. The van der Waals surface area contributed by atoms with Gasteiger partial charge in [-0.25, -0.2) is 0 Å². The number of rotatable bonds is 7. The molecule has 0 aliphatic carbocycles. The van der Waals surface area contributed by atoms with E-state index in [4.69, 9.17) is 15.9 Å². The van der Waals surface area contributed by atoms with Crippen molar-refractivity contribution in [2.75, 3.05) is 17.9 Å². The first kappa shape index (κ1) is 14.3. The molecule has 8 heteroatoms. The zero-order valence-electron chi connectivity index (χ0n) is 9.93. The Morgan fingerprint density at radius 3 is 2.72 bits per heavy atom. The third kappa shape index (κ3) is 4.60. The molecule has 0 aliphatic rings. The van der Waals surface area contributed by atoms with Crippen molar-refractivity contribution in [3.8, 4) is 5.75 Å². The van der Waals surface area contributed by atoms with E-state index in [1.807, 2.05) is 0 Å². The summed E-state index contributed by atoms with van der Waals surface area (Å²) in [7, 11) is -3.61. The van der Waals surface area contributed by atoms with E-state index in [1.54, 1.807) is 31.2 Å². The third-order valence-electron chi connectivity index (χ3n) is 1.85. The number of hydrogen-bond donors (Lipinski definition) is 4. The van der Waals surface area contributed by atoms with Crippen LogP contribution in [0.1, 0.15) is 6.92 Å². The van der Waals surface area contributed by atoms with Crippen molar-refractivity contribution in [2.45, 2.75) is 6.92 Å². The Hall–Kier alpha value is -1.80. The van der Waals surface area contributed by atoms with E-state index in [-0.39, 0.29) is 19.0 Å². The zero-order valence-corrected chi connectivity index (χ0v) is 10.8. The van der Waals surface area contributed by atoms with Gasteiger partial charge in [0.2, 0.25) is 0 Å². The second-order valence-electron chi connectivity index (χ2n) is 3.41. The maximum Gasteiger partial charge on any atom is 0.299 e. The van der Waals surface area contributed by atoms with Crippen molar-refractivity contribution in [3.05, 3.63) is 24.3 Å². The van der Waals surface area contributed by atoms with Crippen molar-refractivity contribution >= 4 is 21.7 Å². The summed E-state index contributed by atoms with van der Waals surface area (Å²) in [5.41, 5.74) is 5.46. The summed E-state index contributed by atoms with van der Waals surface area (Å²) >= 11 is 0. The van der Waals surface area contributed by atoms with Crippen LogP contribution < -0.4 is 19.9 Å². The summed E-state index contributed by atoms with van der Waals surface area (Å²) in [6.07, 6.45) is 0. The molecular formula is C10H16N4O3S. The van der Waals surface area contributed by atoms with E-state index < -0.39 is 10.2 Å². The number of benzene rings is 1. The molecule has 0 aromatic heterocycles. The van der Waals surface area contributed by atoms with Gasteiger partial charge in [-0.15, -0.1) is 0 Å². The lowest BCUT2D eigenvalue weighted by molar-refractivity contribution is 0.376. The maximum absolute atomic E-state index is 11.5. The second-order valence-corrected chi connectivity index (χ2v) is 4.91. The van der Waals surface area contributed by atoms with Gasteiger partial charge >= 0.3 is 0 Å². The van der Waals surface area contributed by atoms with Crippen LogP contribution in [0.4, 0.5) is 5.69 Å². The number of anilines is 1. The molecule has 0 fully saturated rings. The van der Waals surface area contributed by atoms with Crippen LogP contribution in [0.25, 0.3) is 0 Å². The van der Waals surface area contributed by atoms with E-state index >= 15 is 0 Å². The van der Waals surface area contributed by atoms with Gasteiger partial charge < -0.3 is 10.5 Å². The van der Waals surface area contributed by atoms with Crippen LogP contribution in [-0.4, -0.2) is 27.4 Å². The van der Waals surface area contributed by atoms with Gasteiger partial charge in [-0.2, -0.15) is 13.1 Å². The fraction of sp³-hybridized carbons (Fsp3) is 0.300. The van der Waals surface area contributed by atoms with E-state index in [0.29, 0.717) is 11.4 Å². The van der Waals surface area contributed by atoms with Crippen molar-refractivity contribution in [3.63, 3.8) is 0 Å². The Morgan fingerprint density at radius 2 is 2.11 bits per heavy atom. The van der Waals surface area contributed by atoms with Gasteiger partial charge in [-0.1, -0.05) is 19.1 Å². The molecule has 0 unspecified atom stereocenters. The lowest BCUT2D eigenvalue weighted by Crippen LogP contribution is -2.30. The van der Waals surface area contributed by atoms with Crippen LogP contribution in [0.15, 0.2) is 24.3 Å². The molecule has 0 bridgehead atoms. The molecule has 0 heterocycles. The van der Waals surface area contributed by atoms with Gasteiger partial charge in [0.1, 0.15) is 18.2 Å². The molecule has 100 valence electrons. The lowest BCUT2D eigenvalue weighted by atomic mass is 10.3. The summed E-state index contributed by atoms with van der Waals surface area (Å²) in [5.74, 6) is 0.175. The number of para-hydroxylation sites is 2. The minimum absolute atomic E-state index is 0.0973. The molecule has 0 atom stereocenters. The molecule has 1 rings (SSSR count). The molecule has 1 aromatic carbocycles. The third-order valence-corrected chi connectivity index (χ3v) is 3.01. The molecule has 1 aromatic rings. The Balaban J connectivity index is 2.85. The Kier molecular flexibility index (Phi) is 4.93. The van der Waals surface area contributed by atoms with Crippen LogP contribution in [-0.2, 0) is 10.2 Å². The Bertz CT molecular complexity index is 516. The summed E-state index contributed by atoms with van der Waals surface area (Å²) in [4.78, 5) is 0. The molecule has 0 saturated heterocycles. The molecule has 0 amide bonds. The SMILES string of the molecule is CCNS(=O)(=O)Nc1ccccc1OCC(=N)N. The minimum Gasteiger partial charge on any atom is -0.484 e. The highest BCUT2D eigenvalue weighted by Crippen LogP contribution is 2.24. The van der Waals surface area contributed by atoms with Crippen LogP contribution in [0.3, 0.4) is 0 Å². The quantitative estimate of drug-likeness (QED) is 0.421.